The van der Waals surface area contributed by atoms with E-state index in [0.717, 1.165) is 25.7 Å². The Bertz CT molecular complexity index is 547. The van der Waals surface area contributed by atoms with Gasteiger partial charge in [0.1, 0.15) is 4.99 Å². The SMILES string of the molecule is NC(=S)c1ccc(S(=O)(=O)NC2CCCCC2)cc1. The summed E-state index contributed by atoms with van der Waals surface area (Å²) < 4.78 is 27.2. The molecular formula is C13H18N2O2S2. The van der Waals surface area contributed by atoms with Gasteiger partial charge in [-0.15, -0.1) is 0 Å². The van der Waals surface area contributed by atoms with E-state index in [4.69, 9.17) is 18.0 Å². The first-order valence-corrected chi connectivity index (χ1v) is 8.30. The molecule has 6 heteroatoms. The van der Waals surface area contributed by atoms with Crippen LogP contribution in [0, 0.1) is 0 Å². The third-order valence-corrected chi connectivity index (χ3v) is 5.15. The van der Waals surface area contributed by atoms with Gasteiger partial charge >= 0.3 is 0 Å². The van der Waals surface area contributed by atoms with Gasteiger partial charge in [-0.1, -0.05) is 43.6 Å². The lowest BCUT2D eigenvalue weighted by Crippen LogP contribution is -2.36. The second kappa shape index (κ2) is 5.98. The smallest absolute Gasteiger partial charge is 0.240 e. The molecular weight excluding hydrogens is 280 g/mol. The molecule has 0 saturated heterocycles. The average Bonchev–Trinajstić information content (AvgIpc) is 2.39. The minimum absolute atomic E-state index is 0.0639. The van der Waals surface area contributed by atoms with E-state index in [2.05, 4.69) is 4.72 Å². The first kappa shape index (κ1) is 14.4. The topological polar surface area (TPSA) is 72.2 Å². The number of hydrogen-bond acceptors (Lipinski definition) is 3. The van der Waals surface area contributed by atoms with Crippen LogP contribution in [0.4, 0.5) is 0 Å². The second-order valence-corrected chi connectivity index (χ2v) is 7.00. The maximum atomic E-state index is 12.2. The zero-order chi connectivity index (χ0) is 13.9. The van der Waals surface area contributed by atoms with Crippen LogP contribution in [-0.4, -0.2) is 19.4 Å². The molecule has 0 bridgehead atoms. The van der Waals surface area contributed by atoms with Gasteiger partial charge in [-0.3, -0.25) is 0 Å². The molecule has 19 heavy (non-hydrogen) atoms. The molecule has 1 fully saturated rings. The third-order valence-electron chi connectivity index (χ3n) is 3.38. The molecule has 1 aliphatic carbocycles. The normalized spacial score (nSPS) is 17.3. The van der Waals surface area contributed by atoms with Crippen LogP contribution in [0.2, 0.25) is 0 Å². The number of thiocarbonyl (C=S) groups is 1. The Balaban J connectivity index is 2.12. The van der Waals surface area contributed by atoms with Crippen LogP contribution in [-0.2, 0) is 10.0 Å². The van der Waals surface area contributed by atoms with Gasteiger partial charge in [0, 0.05) is 11.6 Å². The molecule has 0 aliphatic heterocycles. The van der Waals surface area contributed by atoms with Gasteiger partial charge in [0.2, 0.25) is 10.0 Å². The molecule has 1 aliphatic rings. The number of nitrogens with one attached hydrogen (secondary N) is 1. The van der Waals surface area contributed by atoms with E-state index in [9.17, 15) is 8.42 Å². The van der Waals surface area contributed by atoms with Crippen LogP contribution >= 0.6 is 12.2 Å². The molecule has 3 N–H and O–H groups in total. The third kappa shape index (κ3) is 3.75. The van der Waals surface area contributed by atoms with Crippen molar-refractivity contribution >= 4 is 27.2 Å². The van der Waals surface area contributed by atoms with E-state index in [-0.39, 0.29) is 15.9 Å². The van der Waals surface area contributed by atoms with Crippen LogP contribution in [0.1, 0.15) is 37.7 Å². The Morgan fingerprint density at radius 1 is 1.16 bits per heavy atom. The average molecular weight is 298 g/mol. The zero-order valence-electron chi connectivity index (χ0n) is 10.6. The summed E-state index contributed by atoms with van der Waals surface area (Å²) in [5, 5.41) is 0. The highest BCUT2D eigenvalue weighted by molar-refractivity contribution is 7.89. The first-order chi connectivity index (χ1) is 8.99. The number of rotatable bonds is 4. The molecule has 0 amide bonds. The predicted molar refractivity (Wildman–Crippen MR) is 79.5 cm³/mol. The molecule has 0 unspecified atom stereocenters. The molecule has 1 aromatic rings. The Morgan fingerprint density at radius 2 is 1.74 bits per heavy atom. The van der Waals surface area contributed by atoms with Crippen molar-refractivity contribution in [3.8, 4) is 0 Å². The zero-order valence-corrected chi connectivity index (χ0v) is 12.3. The lowest BCUT2D eigenvalue weighted by atomic mass is 9.96. The highest BCUT2D eigenvalue weighted by Gasteiger charge is 2.21. The van der Waals surface area contributed by atoms with E-state index in [1.165, 1.54) is 6.42 Å². The fourth-order valence-corrected chi connectivity index (χ4v) is 3.75. The summed E-state index contributed by atoms with van der Waals surface area (Å²) in [6.45, 7) is 0. The van der Waals surface area contributed by atoms with E-state index in [0.29, 0.717) is 5.56 Å². The van der Waals surface area contributed by atoms with Gasteiger partial charge in [-0.25, -0.2) is 13.1 Å². The van der Waals surface area contributed by atoms with Crippen LogP contribution in [0.15, 0.2) is 29.2 Å². The summed E-state index contributed by atoms with van der Waals surface area (Å²) in [6.07, 6.45) is 5.22. The molecule has 0 aromatic heterocycles. The number of hydrogen-bond donors (Lipinski definition) is 2. The molecule has 4 nitrogen and oxygen atoms in total. The van der Waals surface area contributed by atoms with Crippen molar-refractivity contribution in [2.45, 2.75) is 43.0 Å². The summed E-state index contributed by atoms with van der Waals surface area (Å²) in [6, 6.07) is 6.42. The summed E-state index contributed by atoms with van der Waals surface area (Å²) in [5.74, 6) is 0. The van der Waals surface area contributed by atoms with E-state index < -0.39 is 10.0 Å². The van der Waals surface area contributed by atoms with Crippen LogP contribution in [0.5, 0.6) is 0 Å². The summed E-state index contributed by atoms with van der Waals surface area (Å²) in [4.78, 5) is 0.530. The summed E-state index contributed by atoms with van der Waals surface area (Å²) >= 11 is 4.84. The lowest BCUT2D eigenvalue weighted by molar-refractivity contribution is 0.412. The van der Waals surface area contributed by atoms with E-state index >= 15 is 0 Å². The van der Waals surface area contributed by atoms with Crippen molar-refractivity contribution in [3.63, 3.8) is 0 Å². The molecule has 1 aromatic carbocycles. The maximum absolute atomic E-state index is 12.2. The minimum Gasteiger partial charge on any atom is -0.389 e. The molecule has 1 saturated carbocycles. The van der Waals surface area contributed by atoms with Crippen LogP contribution in [0.3, 0.4) is 0 Å². The predicted octanol–water partition coefficient (Wildman–Crippen LogP) is 1.93. The molecule has 0 spiro atoms. The van der Waals surface area contributed by atoms with Crippen molar-refractivity contribution in [2.75, 3.05) is 0 Å². The highest BCUT2D eigenvalue weighted by atomic mass is 32.2. The Kier molecular flexibility index (Phi) is 4.54. The Morgan fingerprint density at radius 3 is 2.26 bits per heavy atom. The van der Waals surface area contributed by atoms with Crippen molar-refractivity contribution in [2.24, 2.45) is 5.73 Å². The Hall–Kier alpha value is -0.980. The Labute approximate surface area is 119 Å². The van der Waals surface area contributed by atoms with Crippen LogP contribution in [0.25, 0.3) is 0 Å². The van der Waals surface area contributed by atoms with Gasteiger partial charge in [0.25, 0.3) is 0 Å². The quantitative estimate of drug-likeness (QED) is 0.833. The largest absolute Gasteiger partial charge is 0.389 e. The van der Waals surface area contributed by atoms with Gasteiger partial charge < -0.3 is 5.73 Å². The molecule has 0 atom stereocenters. The number of benzene rings is 1. The number of nitrogens with two attached hydrogens (primary N) is 1. The van der Waals surface area contributed by atoms with Gasteiger partial charge in [-0.05, 0) is 25.0 Å². The highest BCUT2D eigenvalue weighted by Crippen LogP contribution is 2.20. The molecule has 2 rings (SSSR count). The second-order valence-electron chi connectivity index (χ2n) is 4.84. The van der Waals surface area contributed by atoms with E-state index in [1.807, 2.05) is 0 Å². The maximum Gasteiger partial charge on any atom is 0.240 e. The summed E-state index contributed by atoms with van der Waals surface area (Å²) in [5.41, 5.74) is 6.16. The minimum atomic E-state index is -3.44. The van der Waals surface area contributed by atoms with Crippen molar-refractivity contribution in [1.82, 2.24) is 4.72 Å². The number of sulfonamides is 1. The van der Waals surface area contributed by atoms with E-state index in [1.54, 1.807) is 24.3 Å². The van der Waals surface area contributed by atoms with Crippen LogP contribution < -0.4 is 10.5 Å². The van der Waals surface area contributed by atoms with Crippen molar-refractivity contribution < 1.29 is 8.42 Å². The molecule has 104 valence electrons. The molecule has 0 radical (unpaired) electrons. The summed E-state index contributed by atoms with van der Waals surface area (Å²) in [7, 11) is -3.44. The standard InChI is InChI=1S/C13H18N2O2S2/c14-13(18)10-6-8-12(9-7-10)19(16,17)15-11-4-2-1-3-5-11/h6-9,11,15H,1-5H2,(H2,14,18). The van der Waals surface area contributed by atoms with Crippen molar-refractivity contribution in [3.05, 3.63) is 29.8 Å². The lowest BCUT2D eigenvalue weighted by Gasteiger charge is -2.22. The van der Waals surface area contributed by atoms with Gasteiger partial charge in [0.05, 0.1) is 4.90 Å². The molecule has 0 heterocycles. The monoisotopic (exact) mass is 298 g/mol. The fraction of sp³-hybridized carbons (Fsp3) is 0.462. The van der Waals surface area contributed by atoms with Gasteiger partial charge in [0.15, 0.2) is 0 Å². The van der Waals surface area contributed by atoms with Gasteiger partial charge in [-0.2, -0.15) is 0 Å². The fourth-order valence-electron chi connectivity index (χ4n) is 2.31. The van der Waals surface area contributed by atoms with Crippen molar-refractivity contribution in [1.29, 1.82) is 0 Å². The first-order valence-electron chi connectivity index (χ1n) is 6.41.